The fourth-order valence-electron chi connectivity index (χ4n) is 0.334. The number of rotatable bonds is 4. The number of hydrogen-bond donors (Lipinski definition) is 0. The molecule has 0 unspecified atom stereocenters. The molecule has 0 rings (SSSR count). The number of carbonyl (C=O) groups excluding carboxylic acids is 4. The fourth-order valence-corrected chi connectivity index (χ4v) is 0.397. The summed E-state index contributed by atoms with van der Waals surface area (Å²) in [6.07, 6.45) is 5.79. The van der Waals surface area contributed by atoms with E-state index in [-0.39, 0.29) is 28.6 Å². The van der Waals surface area contributed by atoms with Crippen molar-refractivity contribution in [2.75, 3.05) is 0 Å². The van der Waals surface area contributed by atoms with E-state index in [4.69, 9.17) is 34.9 Å². The van der Waals surface area contributed by atoms with Gasteiger partial charge >= 0.3 is 56.5 Å². The van der Waals surface area contributed by atoms with E-state index in [1.165, 1.54) is 20.1 Å². The van der Waals surface area contributed by atoms with Crippen LogP contribution in [-0.4, -0.2) is 23.1 Å². The fraction of sp³-hybridized carbons (Fsp3) is 0.133. The Morgan fingerprint density at radius 2 is 1.00 bits per heavy atom. The molecule has 139 valence electrons. The molecular formula is C15H10ClMnO9-. The second kappa shape index (κ2) is 78.2. The van der Waals surface area contributed by atoms with E-state index >= 15 is 0 Å². The molecule has 9 nitrogen and oxygen atoms in total. The number of halogens is 1. The summed E-state index contributed by atoms with van der Waals surface area (Å²) in [5.41, 5.74) is 0. The van der Waals surface area contributed by atoms with Crippen LogP contribution in [-0.2, 0) is 59.5 Å². The maximum absolute atomic E-state index is 10.1. The maximum Gasteiger partial charge on any atom is 0 e. The molecule has 11 heteroatoms. The summed E-state index contributed by atoms with van der Waals surface area (Å²) in [4.78, 5) is 39.2. The summed E-state index contributed by atoms with van der Waals surface area (Å²) in [7, 11) is 0. The summed E-state index contributed by atoms with van der Waals surface area (Å²) >= 11 is 4.84. The second-order valence-corrected chi connectivity index (χ2v) is 2.68. The molecule has 0 aliphatic heterocycles. The van der Waals surface area contributed by atoms with Gasteiger partial charge in [0.2, 0.25) is 5.24 Å². The molecule has 26 heavy (non-hydrogen) atoms. The first-order valence-corrected chi connectivity index (χ1v) is 5.23. The Labute approximate surface area is 165 Å². The molecule has 0 N–H and O–H groups in total. The van der Waals surface area contributed by atoms with E-state index in [2.05, 4.69) is 33.3 Å². The van der Waals surface area contributed by atoms with Crippen molar-refractivity contribution in [2.45, 2.75) is 13.8 Å². The zero-order valence-corrected chi connectivity index (χ0v) is 15.2. The second-order valence-electron chi connectivity index (χ2n) is 2.31. The molecule has 0 bridgehead atoms. The van der Waals surface area contributed by atoms with Gasteiger partial charge in [-0.05, 0) is 37.8 Å². The molecule has 0 aromatic carbocycles. The van der Waals surface area contributed by atoms with Crippen molar-refractivity contribution in [3.8, 4) is 0 Å². The zero-order valence-electron chi connectivity index (χ0n) is 13.2. The predicted octanol–water partition coefficient (Wildman–Crippen LogP) is 0.948. The first kappa shape index (κ1) is 49.5. The average Bonchev–Trinajstić information content (AvgIpc) is 2.67. The van der Waals surface area contributed by atoms with E-state index < -0.39 is 5.24 Å². The van der Waals surface area contributed by atoms with E-state index in [0.717, 1.165) is 24.3 Å². The van der Waals surface area contributed by atoms with Gasteiger partial charge in [-0.2, -0.15) is 12.2 Å². The van der Waals surface area contributed by atoms with Crippen molar-refractivity contribution in [3.63, 3.8) is 0 Å². The Morgan fingerprint density at radius 3 is 1.08 bits per heavy atom. The van der Waals surface area contributed by atoms with E-state index in [1.54, 1.807) is 0 Å². The van der Waals surface area contributed by atoms with E-state index in [9.17, 15) is 19.2 Å². The minimum Gasteiger partial charge on any atom is 0 e. The van der Waals surface area contributed by atoms with Gasteiger partial charge < -0.3 is 9.59 Å². The normalized spacial score (nSPS) is 5.88. The van der Waals surface area contributed by atoms with Gasteiger partial charge in [-0.3, -0.25) is 9.59 Å². The SMILES string of the molecule is CC(=O)/C=C/C(=O)Cl.CC(=O)/C=C/[C-]=O.[C-]#[O+].[C-]#[O+].[C-]#[O+].[C-]#[O+].[C-]#[O+].[Mn]. The summed E-state index contributed by atoms with van der Waals surface area (Å²) in [5.74, 6) is -0.317. The Balaban J connectivity index is -0.0000000274. The number of ketones is 2. The molecule has 0 fully saturated rings. The molecule has 0 atom stereocenters. The van der Waals surface area contributed by atoms with Crippen molar-refractivity contribution in [1.82, 2.24) is 0 Å². The van der Waals surface area contributed by atoms with Gasteiger partial charge in [0.25, 0.3) is 0 Å². The number of allylic oxidation sites excluding steroid dienone is 4. The zero-order chi connectivity index (χ0) is 22.3. The van der Waals surface area contributed by atoms with Crippen LogP contribution >= 0.6 is 11.6 Å². The number of hydrogen-bond acceptors (Lipinski definition) is 4. The quantitative estimate of drug-likeness (QED) is 0.215. The van der Waals surface area contributed by atoms with Gasteiger partial charge in [0, 0.05) is 23.1 Å². The van der Waals surface area contributed by atoms with Crippen LogP contribution in [0.4, 0.5) is 0 Å². The number of carbonyl (C=O) groups is 3. The van der Waals surface area contributed by atoms with Crippen LogP contribution in [0.3, 0.4) is 0 Å². The Bertz CT molecular complexity index is 447. The molecule has 0 saturated heterocycles. The van der Waals surface area contributed by atoms with Crippen molar-refractivity contribution in [2.24, 2.45) is 0 Å². The molecular weight excluding hydrogens is 415 g/mol. The molecule has 0 heterocycles. The Hall–Kier alpha value is -2.33. The summed E-state index contributed by atoms with van der Waals surface area (Å²) in [5, 5.41) is -0.625. The molecule has 0 saturated carbocycles. The third kappa shape index (κ3) is 208. The molecule has 0 aromatic rings. The van der Waals surface area contributed by atoms with Gasteiger partial charge in [0.15, 0.2) is 5.78 Å². The van der Waals surface area contributed by atoms with Crippen LogP contribution in [0, 0.1) is 33.3 Å². The van der Waals surface area contributed by atoms with E-state index in [1.807, 2.05) is 0 Å². The molecule has 0 aromatic heterocycles. The maximum atomic E-state index is 10.1. The smallest absolute Gasteiger partial charge is 0 e. The van der Waals surface area contributed by atoms with Gasteiger partial charge in [-0.25, -0.2) is 0 Å². The predicted molar refractivity (Wildman–Crippen MR) is 75.8 cm³/mol. The topological polar surface area (TPSA) is 168 Å². The minimum absolute atomic E-state index is 0. The van der Waals surface area contributed by atoms with Crippen LogP contribution in [0.5, 0.6) is 0 Å². The molecule has 0 aliphatic carbocycles. The summed E-state index contributed by atoms with van der Waals surface area (Å²) < 4.78 is 37.5. The van der Waals surface area contributed by atoms with Crippen LogP contribution in [0.25, 0.3) is 0 Å². The molecule has 0 amide bonds. The molecule has 0 spiro atoms. The monoisotopic (exact) mass is 424 g/mol. The van der Waals surface area contributed by atoms with Crippen LogP contribution in [0.2, 0.25) is 0 Å². The standard InChI is InChI=1S/C5H5ClO2.C5H5O2.5CO.Mn/c1-4(7)2-3-5(6)8;1-5(7)3-2-4-6;5*1-2;/h2-3H,1H3;2-3H,1H3;;;;;;/q;-1;;;;;;/b2*3-2+;;;;;;. The Kier molecular flexibility index (Phi) is 149. The van der Waals surface area contributed by atoms with Crippen LogP contribution in [0.1, 0.15) is 13.8 Å². The van der Waals surface area contributed by atoms with Crippen LogP contribution in [0.15, 0.2) is 24.3 Å². The largest absolute Gasteiger partial charge is 0 e. The third-order valence-corrected chi connectivity index (χ3v) is 0.961. The van der Waals surface area contributed by atoms with Gasteiger partial charge in [-0.1, -0.05) is 0 Å². The molecule has 1 radical (unpaired) electrons. The van der Waals surface area contributed by atoms with Gasteiger partial charge in [0.05, 0.1) is 5.78 Å². The molecule has 0 aliphatic rings. The van der Waals surface area contributed by atoms with Crippen molar-refractivity contribution in [3.05, 3.63) is 57.6 Å². The first-order valence-electron chi connectivity index (χ1n) is 4.85. The average molecular weight is 425 g/mol. The Morgan fingerprint density at radius 1 is 0.731 bits per heavy atom. The van der Waals surface area contributed by atoms with Crippen molar-refractivity contribution < 1.29 is 59.5 Å². The van der Waals surface area contributed by atoms with Crippen LogP contribution < -0.4 is 0 Å². The van der Waals surface area contributed by atoms with Crippen molar-refractivity contribution >= 4 is 34.7 Å². The minimum atomic E-state index is -0.625. The van der Waals surface area contributed by atoms with Gasteiger partial charge in [0.1, 0.15) is 0 Å². The van der Waals surface area contributed by atoms with Crippen molar-refractivity contribution in [1.29, 1.82) is 0 Å². The van der Waals surface area contributed by atoms with Gasteiger partial charge in [-0.15, -0.1) is 0 Å². The summed E-state index contributed by atoms with van der Waals surface area (Å²) in [6.45, 7) is 25.2. The summed E-state index contributed by atoms with van der Waals surface area (Å²) in [6, 6.07) is 0. The first-order chi connectivity index (χ1) is 11.9. The third-order valence-electron chi connectivity index (χ3n) is 0.835. The van der Waals surface area contributed by atoms with E-state index in [0.29, 0.717) is 0 Å².